The summed E-state index contributed by atoms with van der Waals surface area (Å²) in [5, 5.41) is 2.98. The second kappa shape index (κ2) is 6.70. The van der Waals surface area contributed by atoms with Crippen LogP contribution >= 0.6 is 11.6 Å². The van der Waals surface area contributed by atoms with E-state index < -0.39 is 5.91 Å². The summed E-state index contributed by atoms with van der Waals surface area (Å²) in [6.07, 6.45) is 2.25. The van der Waals surface area contributed by atoms with Gasteiger partial charge in [0.05, 0.1) is 23.5 Å². The van der Waals surface area contributed by atoms with Gasteiger partial charge in [-0.3, -0.25) is 9.59 Å². The maximum atomic E-state index is 12.0. The molecule has 7 heteroatoms. The Hall–Kier alpha value is -2.62. The van der Waals surface area contributed by atoms with Gasteiger partial charge in [0.1, 0.15) is 5.69 Å². The van der Waals surface area contributed by atoms with E-state index in [-0.39, 0.29) is 17.8 Å². The third kappa shape index (κ3) is 3.92. The van der Waals surface area contributed by atoms with Crippen LogP contribution in [0.15, 0.2) is 35.4 Å². The summed E-state index contributed by atoms with van der Waals surface area (Å²) in [5.41, 5.74) is 6.07. The van der Waals surface area contributed by atoms with Crippen molar-refractivity contribution in [2.24, 2.45) is 5.73 Å². The topological polar surface area (TPSA) is 101 Å². The van der Waals surface area contributed by atoms with E-state index in [0.29, 0.717) is 16.3 Å². The normalized spacial score (nSPS) is 9.62. The van der Waals surface area contributed by atoms with E-state index in [1.165, 1.54) is 6.20 Å². The first-order valence-corrected chi connectivity index (χ1v) is 6.32. The van der Waals surface area contributed by atoms with E-state index in [2.05, 4.69) is 27.1 Å². The van der Waals surface area contributed by atoms with E-state index in [0.717, 1.165) is 6.20 Å². The number of nitrogens with one attached hydrogen (secondary N) is 2. The molecule has 0 saturated heterocycles. The molecule has 2 rings (SSSR count). The molecule has 2 aromatic rings. The fourth-order valence-corrected chi connectivity index (χ4v) is 1.67. The zero-order valence-corrected chi connectivity index (χ0v) is 11.6. The molecule has 1 aromatic carbocycles. The molecular weight excluding hydrogens is 292 g/mol. The van der Waals surface area contributed by atoms with E-state index in [4.69, 9.17) is 17.3 Å². The fourth-order valence-electron chi connectivity index (χ4n) is 1.50. The molecule has 6 nitrogen and oxygen atoms in total. The first-order valence-electron chi connectivity index (χ1n) is 5.94. The smallest absolute Gasteiger partial charge is 0.275 e. The summed E-state index contributed by atoms with van der Waals surface area (Å²) >= 11 is 6.02. The number of anilines is 1. The summed E-state index contributed by atoms with van der Waals surface area (Å²) in [7, 11) is 0. The predicted octanol–water partition coefficient (Wildman–Crippen LogP) is 0.986. The van der Waals surface area contributed by atoms with E-state index in [1.807, 2.05) is 0 Å². The summed E-state index contributed by atoms with van der Waals surface area (Å²) in [6.45, 7) is 0.242. The van der Waals surface area contributed by atoms with Crippen LogP contribution in [0.2, 0.25) is 5.02 Å². The van der Waals surface area contributed by atoms with Gasteiger partial charge in [-0.1, -0.05) is 23.4 Å². The molecule has 0 unspecified atom stereocenters. The maximum absolute atomic E-state index is 12.0. The van der Waals surface area contributed by atoms with Crippen LogP contribution in [-0.4, -0.2) is 22.4 Å². The molecule has 4 N–H and O–H groups in total. The molecule has 21 heavy (non-hydrogen) atoms. The van der Waals surface area contributed by atoms with Crippen LogP contribution in [-0.2, 0) is 0 Å². The van der Waals surface area contributed by atoms with E-state index in [1.54, 1.807) is 18.2 Å². The number of rotatable bonds is 2. The summed E-state index contributed by atoms with van der Waals surface area (Å²) in [4.78, 5) is 29.0. The maximum Gasteiger partial charge on any atom is 0.275 e. The van der Waals surface area contributed by atoms with Crippen molar-refractivity contribution >= 4 is 23.2 Å². The van der Waals surface area contributed by atoms with Gasteiger partial charge in [0.15, 0.2) is 0 Å². The van der Waals surface area contributed by atoms with E-state index >= 15 is 0 Å². The molecule has 0 aliphatic rings. The number of halogens is 1. The minimum absolute atomic E-state index is 0.0733. The van der Waals surface area contributed by atoms with Crippen molar-refractivity contribution < 1.29 is 4.79 Å². The van der Waals surface area contributed by atoms with E-state index in [9.17, 15) is 9.59 Å². The zero-order valence-electron chi connectivity index (χ0n) is 10.8. The number of benzene rings is 1. The molecule has 0 spiro atoms. The lowest BCUT2D eigenvalue weighted by atomic mass is 10.2. The van der Waals surface area contributed by atoms with Gasteiger partial charge in [-0.2, -0.15) is 0 Å². The fraction of sp³-hybridized carbons (Fsp3) is 0.0714. The van der Waals surface area contributed by atoms with Crippen molar-refractivity contribution in [1.82, 2.24) is 9.97 Å². The number of H-pyrrole nitrogens is 1. The second-order valence-corrected chi connectivity index (χ2v) is 4.36. The van der Waals surface area contributed by atoms with Crippen LogP contribution in [0.3, 0.4) is 0 Å². The van der Waals surface area contributed by atoms with Gasteiger partial charge in [0.25, 0.3) is 11.5 Å². The molecule has 106 valence electrons. The molecule has 0 aliphatic carbocycles. The van der Waals surface area contributed by atoms with Crippen LogP contribution in [0.5, 0.6) is 0 Å². The van der Waals surface area contributed by atoms with Crippen molar-refractivity contribution in [3.05, 3.63) is 57.2 Å². The Labute approximate surface area is 125 Å². The molecule has 1 aromatic heterocycles. The SMILES string of the molecule is NCC#Cc1ccc(Cl)c(NC(=O)c2c[nH]c(=O)cn2)c1. The summed E-state index contributed by atoms with van der Waals surface area (Å²) < 4.78 is 0. The van der Waals surface area contributed by atoms with Crippen molar-refractivity contribution in [2.45, 2.75) is 0 Å². The molecule has 0 atom stereocenters. The molecule has 0 fully saturated rings. The van der Waals surface area contributed by atoms with Gasteiger partial charge in [0, 0.05) is 11.8 Å². The number of nitrogens with zero attached hydrogens (tertiary/aromatic N) is 1. The highest BCUT2D eigenvalue weighted by atomic mass is 35.5. The third-order valence-electron chi connectivity index (χ3n) is 2.45. The average Bonchev–Trinajstić information content (AvgIpc) is 2.48. The van der Waals surface area contributed by atoms with Crippen molar-refractivity contribution in [1.29, 1.82) is 0 Å². The predicted molar refractivity (Wildman–Crippen MR) is 80.2 cm³/mol. The monoisotopic (exact) mass is 302 g/mol. The molecular formula is C14H11ClN4O2. The van der Waals surface area contributed by atoms with Gasteiger partial charge in [-0.15, -0.1) is 0 Å². The van der Waals surface area contributed by atoms with Gasteiger partial charge >= 0.3 is 0 Å². The number of amides is 1. The van der Waals surface area contributed by atoms with Crippen molar-refractivity contribution in [3.8, 4) is 11.8 Å². The average molecular weight is 303 g/mol. The molecule has 1 amide bonds. The minimum atomic E-state index is -0.489. The largest absolute Gasteiger partial charge is 0.325 e. The standard InChI is InChI=1S/C14H11ClN4O2/c15-10-4-3-9(2-1-5-16)6-11(10)19-14(21)12-7-18-13(20)8-17-12/h3-4,6-8H,5,16H2,(H,18,20)(H,19,21). The van der Waals surface area contributed by atoms with Crippen molar-refractivity contribution in [3.63, 3.8) is 0 Å². The number of carbonyl (C=O) groups is 1. The summed E-state index contributed by atoms with van der Waals surface area (Å²) in [5.74, 6) is 5.07. The van der Waals surface area contributed by atoms with Crippen molar-refractivity contribution in [2.75, 3.05) is 11.9 Å². The Morgan fingerprint density at radius 2 is 2.29 bits per heavy atom. The quantitative estimate of drug-likeness (QED) is 0.720. The molecule has 0 bridgehead atoms. The Morgan fingerprint density at radius 3 is 2.95 bits per heavy atom. The Bertz CT molecular complexity index is 769. The highest BCUT2D eigenvalue weighted by Crippen LogP contribution is 2.23. The number of hydrogen-bond donors (Lipinski definition) is 3. The second-order valence-electron chi connectivity index (χ2n) is 3.95. The number of hydrogen-bond acceptors (Lipinski definition) is 4. The zero-order chi connectivity index (χ0) is 15.2. The first-order chi connectivity index (χ1) is 10.1. The van der Waals surface area contributed by atoms with Gasteiger partial charge in [-0.25, -0.2) is 4.98 Å². The number of aromatic nitrogens is 2. The highest BCUT2D eigenvalue weighted by molar-refractivity contribution is 6.33. The molecule has 0 saturated carbocycles. The lowest BCUT2D eigenvalue weighted by molar-refractivity contribution is 0.102. The van der Waals surface area contributed by atoms with Crippen LogP contribution in [0.1, 0.15) is 16.1 Å². The lowest BCUT2D eigenvalue weighted by Crippen LogP contribution is -2.17. The number of carbonyl (C=O) groups excluding carboxylic acids is 1. The Balaban J connectivity index is 2.24. The lowest BCUT2D eigenvalue weighted by Gasteiger charge is -2.07. The minimum Gasteiger partial charge on any atom is -0.325 e. The van der Waals surface area contributed by atoms with Crippen LogP contribution in [0.25, 0.3) is 0 Å². The summed E-state index contributed by atoms with van der Waals surface area (Å²) in [6, 6.07) is 4.98. The molecule has 0 aliphatic heterocycles. The van der Waals surface area contributed by atoms with Crippen LogP contribution in [0.4, 0.5) is 5.69 Å². The Kier molecular flexibility index (Phi) is 4.72. The Morgan fingerprint density at radius 1 is 1.48 bits per heavy atom. The van der Waals surface area contributed by atoms with Crippen LogP contribution < -0.4 is 16.6 Å². The highest BCUT2D eigenvalue weighted by Gasteiger charge is 2.10. The van der Waals surface area contributed by atoms with Gasteiger partial charge in [-0.05, 0) is 18.2 Å². The molecule has 1 heterocycles. The number of aromatic amines is 1. The van der Waals surface area contributed by atoms with Gasteiger partial charge < -0.3 is 16.0 Å². The molecule has 0 radical (unpaired) electrons. The van der Waals surface area contributed by atoms with Gasteiger partial charge in [0.2, 0.25) is 0 Å². The third-order valence-corrected chi connectivity index (χ3v) is 2.78. The first kappa shape index (κ1) is 14.8. The number of nitrogens with two attached hydrogens (primary N) is 1. The van der Waals surface area contributed by atoms with Crippen LogP contribution in [0, 0.1) is 11.8 Å².